The maximum Gasteiger partial charge on any atom is 0.128 e. The molecule has 0 saturated carbocycles. The molecule has 6 heteroatoms. The average Bonchev–Trinajstić information content (AvgIpc) is 2.43. The third-order valence-corrected chi connectivity index (χ3v) is 3.29. The summed E-state index contributed by atoms with van der Waals surface area (Å²) in [6.45, 7) is 0.660. The molecule has 0 aliphatic carbocycles. The lowest BCUT2D eigenvalue weighted by atomic mass is 10.2. The van der Waals surface area contributed by atoms with Crippen molar-refractivity contribution in [3.63, 3.8) is 0 Å². The number of thiocarbonyl (C=S) groups is 1. The monoisotopic (exact) mass is 369 g/mol. The molecular formula is C15H13BrFNO2S. The van der Waals surface area contributed by atoms with E-state index in [2.05, 4.69) is 15.9 Å². The van der Waals surface area contributed by atoms with Crippen LogP contribution in [0.3, 0.4) is 0 Å². The van der Waals surface area contributed by atoms with E-state index in [4.69, 9.17) is 27.4 Å². The highest BCUT2D eigenvalue weighted by atomic mass is 79.9. The molecule has 0 bridgehead atoms. The summed E-state index contributed by atoms with van der Waals surface area (Å²) in [7, 11) is 0. The van der Waals surface area contributed by atoms with Crippen LogP contribution in [0.1, 0.15) is 5.56 Å². The van der Waals surface area contributed by atoms with Gasteiger partial charge in [-0.25, -0.2) is 4.39 Å². The number of rotatable bonds is 6. The summed E-state index contributed by atoms with van der Waals surface area (Å²) in [5.74, 6) is 0.793. The van der Waals surface area contributed by atoms with Gasteiger partial charge in [0.1, 0.15) is 35.5 Å². The second-order valence-electron chi connectivity index (χ2n) is 4.19. The van der Waals surface area contributed by atoms with Crippen LogP contribution in [0, 0.1) is 5.82 Å². The van der Waals surface area contributed by atoms with Gasteiger partial charge in [-0.1, -0.05) is 28.1 Å². The van der Waals surface area contributed by atoms with Gasteiger partial charge < -0.3 is 15.2 Å². The molecule has 0 fully saturated rings. The summed E-state index contributed by atoms with van der Waals surface area (Å²) in [4.78, 5) is 0.349. The Morgan fingerprint density at radius 3 is 2.24 bits per heavy atom. The van der Waals surface area contributed by atoms with Gasteiger partial charge in [-0.15, -0.1) is 0 Å². The Hall–Kier alpha value is -1.66. The molecule has 0 atom stereocenters. The van der Waals surface area contributed by atoms with Crippen LogP contribution in [0.2, 0.25) is 0 Å². The third-order valence-electron chi connectivity index (χ3n) is 2.60. The minimum absolute atomic E-state index is 0.312. The van der Waals surface area contributed by atoms with Crippen LogP contribution in [-0.2, 0) is 0 Å². The van der Waals surface area contributed by atoms with Crippen molar-refractivity contribution in [1.82, 2.24) is 0 Å². The molecular weight excluding hydrogens is 357 g/mol. The lowest BCUT2D eigenvalue weighted by molar-refractivity contribution is 0.216. The smallest absolute Gasteiger partial charge is 0.128 e. The van der Waals surface area contributed by atoms with Crippen molar-refractivity contribution in [2.24, 2.45) is 5.73 Å². The fourth-order valence-electron chi connectivity index (χ4n) is 1.65. The van der Waals surface area contributed by atoms with E-state index in [9.17, 15) is 4.39 Å². The molecule has 2 aromatic rings. The maximum absolute atomic E-state index is 13.1. The third kappa shape index (κ3) is 4.99. The van der Waals surface area contributed by atoms with E-state index < -0.39 is 0 Å². The molecule has 2 aromatic carbocycles. The van der Waals surface area contributed by atoms with Gasteiger partial charge in [0.15, 0.2) is 0 Å². The molecule has 0 aromatic heterocycles. The summed E-state index contributed by atoms with van der Waals surface area (Å²) in [5.41, 5.74) is 6.30. The molecule has 0 aliphatic rings. The molecule has 21 heavy (non-hydrogen) atoms. The van der Waals surface area contributed by atoms with Gasteiger partial charge in [0, 0.05) is 16.1 Å². The largest absolute Gasteiger partial charge is 0.490 e. The van der Waals surface area contributed by atoms with Gasteiger partial charge in [-0.05, 0) is 36.4 Å². The normalized spacial score (nSPS) is 10.2. The Morgan fingerprint density at radius 1 is 1.05 bits per heavy atom. The van der Waals surface area contributed by atoms with E-state index in [0.717, 1.165) is 5.56 Å². The van der Waals surface area contributed by atoms with Crippen molar-refractivity contribution in [1.29, 1.82) is 0 Å². The Bertz CT molecular complexity index is 614. The number of hydrogen-bond acceptors (Lipinski definition) is 3. The molecule has 0 unspecified atom stereocenters. The lowest BCUT2D eigenvalue weighted by Gasteiger charge is -2.09. The van der Waals surface area contributed by atoms with Gasteiger partial charge in [-0.3, -0.25) is 0 Å². The van der Waals surface area contributed by atoms with Gasteiger partial charge in [0.05, 0.1) is 0 Å². The van der Waals surface area contributed by atoms with Crippen LogP contribution < -0.4 is 15.2 Å². The van der Waals surface area contributed by atoms with Crippen LogP contribution in [0.25, 0.3) is 0 Å². The molecule has 0 radical (unpaired) electrons. The van der Waals surface area contributed by atoms with E-state index in [-0.39, 0.29) is 5.82 Å². The minimum atomic E-state index is -0.353. The first-order valence-corrected chi connectivity index (χ1v) is 7.36. The fourth-order valence-corrected chi connectivity index (χ4v) is 2.23. The van der Waals surface area contributed by atoms with Crippen LogP contribution in [-0.4, -0.2) is 18.2 Å². The lowest BCUT2D eigenvalue weighted by Crippen LogP contribution is -2.10. The zero-order valence-corrected chi connectivity index (χ0v) is 13.4. The molecule has 0 amide bonds. The Balaban J connectivity index is 1.80. The topological polar surface area (TPSA) is 44.5 Å². The van der Waals surface area contributed by atoms with E-state index in [0.29, 0.717) is 34.2 Å². The Morgan fingerprint density at radius 2 is 1.67 bits per heavy atom. The van der Waals surface area contributed by atoms with E-state index in [1.54, 1.807) is 30.3 Å². The number of ether oxygens (including phenoxy) is 2. The molecule has 0 heterocycles. The van der Waals surface area contributed by atoms with Crippen molar-refractivity contribution < 1.29 is 13.9 Å². The van der Waals surface area contributed by atoms with Crippen LogP contribution in [0.15, 0.2) is 46.9 Å². The summed E-state index contributed by atoms with van der Waals surface area (Å²) < 4.78 is 24.7. The van der Waals surface area contributed by atoms with Gasteiger partial charge in [-0.2, -0.15) is 0 Å². The first-order chi connectivity index (χ1) is 10.0. The summed E-state index contributed by atoms with van der Waals surface area (Å²) in [5, 5.41) is 0. The SMILES string of the molecule is NC(=S)c1ccc(OCCOc2cc(F)cc(Br)c2)cc1. The average molecular weight is 370 g/mol. The second-order valence-corrected chi connectivity index (χ2v) is 5.55. The Labute approximate surface area is 136 Å². The van der Waals surface area contributed by atoms with Crippen molar-refractivity contribution >= 4 is 33.1 Å². The van der Waals surface area contributed by atoms with Gasteiger partial charge >= 0.3 is 0 Å². The molecule has 0 aliphatic heterocycles. The molecule has 2 rings (SSSR count). The van der Waals surface area contributed by atoms with Crippen LogP contribution in [0.5, 0.6) is 11.5 Å². The predicted molar refractivity (Wildman–Crippen MR) is 87.4 cm³/mol. The highest BCUT2D eigenvalue weighted by Gasteiger charge is 2.01. The molecule has 110 valence electrons. The van der Waals surface area contributed by atoms with Crippen molar-refractivity contribution in [3.8, 4) is 11.5 Å². The number of hydrogen-bond donors (Lipinski definition) is 1. The predicted octanol–water partition coefficient (Wildman–Crippen LogP) is 3.68. The maximum atomic E-state index is 13.1. The second kappa shape index (κ2) is 7.38. The zero-order valence-electron chi connectivity index (χ0n) is 11.0. The zero-order chi connectivity index (χ0) is 15.2. The van der Waals surface area contributed by atoms with E-state index >= 15 is 0 Å². The molecule has 3 nitrogen and oxygen atoms in total. The summed E-state index contributed by atoms with van der Waals surface area (Å²) >= 11 is 8.07. The quantitative estimate of drug-likeness (QED) is 0.623. The van der Waals surface area contributed by atoms with Gasteiger partial charge in [0.25, 0.3) is 0 Å². The standard InChI is InChI=1S/C15H13BrFNO2S/c16-11-7-12(17)9-14(8-11)20-6-5-19-13-3-1-10(2-4-13)15(18)21/h1-4,7-9H,5-6H2,(H2,18,21). The highest BCUT2D eigenvalue weighted by molar-refractivity contribution is 9.10. The highest BCUT2D eigenvalue weighted by Crippen LogP contribution is 2.20. The van der Waals surface area contributed by atoms with Crippen LogP contribution in [0.4, 0.5) is 4.39 Å². The van der Waals surface area contributed by atoms with E-state index in [1.165, 1.54) is 12.1 Å². The summed E-state index contributed by atoms with van der Waals surface area (Å²) in [6, 6.07) is 11.5. The van der Waals surface area contributed by atoms with Crippen LogP contribution >= 0.6 is 28.1 Å². The number of nitrogens with two attached hydrogens (primary N) is 1. The molecule has 0 saturated heterocycles. The minimum Gasteiger partial charge on any atom is -0.490 e. The molecule has 0 spiro atoms. The van der Waals surface area contributed by atoms with Gasteiger partial charge in [0.2, 0.25) is 0 Å². The fraction of sp³-hybridized carbons (Fsp3) is 0.133. The number of halogens is 2. The van der Waals surface area contributed by atoms with Crippen molar-refractivity contribution in [3.05, 3.63) is 58.3 Å². The number of benzene rings is 2. The first kappa shape index (κ1) is 15.7. The van der Waals surface area contributed by atoms with Crippen molar-refractivity contribution in [2.45, 2.75) is 0 Å². The van der Waals surface area contributed by atoms with Crippen molar-refractivity contribution in [2.75, 3.05) is 13.2 Å². The summed E-state index contributed by atoms with van der Waals surface area (Å²) in [6.07, 6.45) is 0. The molecule has 2 N–H and O–H groups in total. The first-order valence-electron chi connectivity index (χ1n) is 6.16. The van der Waals surface area contributed by atoms with E-state index in [1.807, 2.05) is 0 Å². The Kier molecular flexibility index (Phi) is 5.52.